The van der Waals surface area contributed by atoms with Crippen molar-refractivity contribution in [2.24, 2.45) is 0 Å². The van der Waals surface area contributed by atoms with Crippen LogP contribution in [-0.4, -0.2) is 27.5 Å². The van der Waals surface area contributed by atoms with E-state index in [0.29, 0.717) is 12.6 Å². The Labute approximate surface area is 121 Å². The third kappa shape index (κ3) is 3.98. The van der Waals surface area contributed by atoms with Gasteiger partial charge in [0.1, 0.15) is 5.82 Å². The van der Waals surface area contributed by atoms with Crippen molar-refractivity contribution in [2.45, 2.75) is 30.2 Å². The van der Waals surface area contributed by atoms with Gasteiger partial charge in [-0.15, -0.1) is 0 Å². The monoisotopic (exact) mass is 350 g/mol. The van der Waals surface area contributed by atoms with E-state index < -0.39 is 15.8 Å². The molecule has 0 amide bonds. The lowest BCUT2D eigenvalue weighted by Crippen LogP contribution is -2.30. The minimum Gasteiger partial charge on any atom is -0.314 e. The van der Waals surface area contributed by atoms with Crippen LogP contribution in [-0.2, 0) is 10.0 Å². The van der Waals surface area contributed by atoms with Crippen molar-refractivity contribution < 1.29 is 12.8 Å². The Morgan fingerprint density at radius 2 is 2.26 bits per heavy atom. The lowest BCUT2D eigenvalue weighted by Gasteiger charge is -2.12. The molecular formula is C12H16BrFN2O2S. The normalized spacial score (nSPS) is 19.8. The Morgan fingerprint density at radius 1 is 1.47 bits per heavy atom. The predicted octanol–water partition coefficient (Wildman–Crippen LogP) is 2.01. The zero-order chi connectivity index (χ0) is 13.9. The summed E-state index contributed by atoms with van der Waals surface area (Å²) in [6.45, 7) is 1.38. The number of nitrogens with one attached hydrogen (secondary N) is 2. The Hall–Kier alpha value is -0.500. The molecule has 4 nitrogen and oxygen atoms in total. The molecule has 106 valence electrons. The van der Waals surface area contributed by atoms with Crippen molar-refractivity contribution in [1.82, 2.24) is 10.0 Å². The average Bonchev–Trinajstić information content (AvgIpc) is 2.81. The highest BCUT2D eigenvalue weighted by Crippen LogP contribution is 2.22. The second-order valence-corrected chi connectivity index (χ2v) is 7.14. The predicted molar refractivity (Wildman–Crippen MR) is 74.9 cm³/mol. The van der Waals surface area contributed by atoms with Gasteiger partial charge >= 0.3 is 0 Å². The largest absolute Gasteiger partial charge is 0.314 e. The van der Waals surface area contributed by atoms with Gasteiger partial charge in [0, 0.05) is 17.1 Å². The SMILES string of the molecule is O=S(=O)(NCC[C@H]1CCCN1)c1ccc(F)cc1Br. The second kappa shape index (κ2) is 6.30. The number of hydrogen-bond acceptors (Lipinski definition) is 3. The molecule has 2 N–H and O–H groups in total. The summed E-state index contributed by atoms with van der Waals surface area (Å²) >= 11 is 3.07. The summed E-state index contributed by atoms with van der Waals surface area (Å²) in [6.07, 6.45) is 2.99. The summed E-state index contributed by atoms with van der Waals surface area (Å²) in [7, 11) is -3.59. The summed E-state index contributed by atoms with van der Waals surface area (Å²) < 4.78 is 39.8. The van der Waals surface area contributed by atoms with Crippen molar-refractivity contribution >= 4 is 26.0 Å². The third-order valence-electron chi connectivity index (χ3n) is 3.13. The van der Waals surface area contributed by atoms with E-state index in [4.69, 9.17) is 0 Å². The minimum atomic E-state index is -3.59. The Morgan fingerprint density at radius 3 is 2.89 bits per heavy atom. The summed E-state index contributed by atoms with van der Waals surface area (Å²) in [5.41, 5.74) is 0. The van der Waals surface area contributed by atoms with E-state index in [-0.39, 0.29) is 9.37 Å². The van der Waals surface area contributed by atoms with Crippen LogP contribution in [0.1, 0.15) is 19.3 Å². The lowest BCUT2D eigenvalue weighted by molar-refractivity contribution is 0.539. The van der Waals surface area contributed by atoms with Gasteiger partial charge in [0.25, 0.3) is 0 Å². The van der Waals surface area contributed by atoms with E-state index in [2.05, 4.69) is 26.0 Å². The zero-order valence-corrected chi connectivity index (χ0v) is 12.7. The van der Waals surface area contributed by atoms with Gasteiger partial charge in [-0.1, -0.05) is 0 Å². The van der Waals surface area contributed by atoms with Crippen LogP contribution >= 0.6 is 15.9 Å². The van der Waals surface area contributed by atoms with Crippen LogP contribution in [0.3, 0.4) is 0 Å². The standard InChI is InChI=1S/C12H16BrFN2O2S/c13-11-8-9(14)3-4-12(11)19(17,18)16-7-5-10-2-1-6-15-10/h3-4,8,10,15-16H,1-2,5-7H2/t10-/m1/s1. The Kier molecular flexibility index (Phi) is 4.94. The summed E-state index contributed by atoms with van der Waals surface area (Å²) in [5.74, 6) is -0.471. The fraction of sp³-hybridized carbons (Fsp3) is 0.500. The number of hydrogen-bond donors (Lipinski definition) is 2. The van der Waals surface area contributed by atoms with Crippen LogP contribution in [0.4, 0.5) is 4.39 Å². The van der Waals surface area contributed by atoms with Crippen molar-refractivity contribution in [3.05, 3.63) is 28.5 Å². The maximum atomic E-state index is 12.9. The first kappa shape index (κ1) is 14.9. The van der Waals surface area contributed by atoms with E-state index >= 15 is 0 Å². The maximum Gasteiger partial charge on any atom is 0.241 e. The molecule has 0 unspecified atom stereocenters. The van der Waals surface area contributed by atoms with Crippen molar-refractivity contribution in [3.63, 3.8) is 0 Å². The fourth-order valence-electron chi connectivity index (χ4n) is 2.14. The first-order valence-corrected chi connectivity index (χ1v) is 8.45. The van der Waals surface area contributed by atoms with E-state index in [1.807, 2.05) is 0 Å². The van der Waals surface area contributed by atoms with Gasteiger partial charge < -0.3 is 5.32 Å². The van der Waals surface area contributed by atoms with E-state index in [0.717, 1.165) is 37.9 Å². The van der Waals surface area contributed by atoms with Crippen molar-refractivity contribution in [2.75, 3.05) is 13.1 Å². The molecule has 1 aromatic carbocycles. The van der Waals surface area contributed by atoms with Crippen molar-refractivity contribution in [1.29, 1.82) is 0 Å². The van der Waals surface area contributed by atoms with Gasteiger partial charge in [0.05, 0.1) is 4.90 Å². The molecule has 1 aliphatic rings. The molecule has 2 rings (SSSR count). The van der Waals surface area contributed by atoms with Gasteiger partial charge in [-0.3, -0.25) is 0 Å². The minimum absolute atomic E-state index is 0.0632. The van der Waals surface area contributed by atoms with Gasteiger partial charge in [-0.05, 0) is 59.9 Å². The maximum absolute atomic E-state index is 12.9. The molecule has 0 aliphatic carbocycles. The number of halogens is 2. The molecule has 0 aromatic heterocycles. The van der Waals surface area contributed by atoms with Crippen LogP contribution in [0.15, 0.2) is 27.6 Å². The van der Waals surface area contributed by atoms with Gasteiger partial charge in [0.2, 0.25) is 10.0 Å². The van der Waals surface area contributed by atoms with Crippen LogP contribution in [0, 0.1) is 5.82 Å². The Bertz CT molecular complexity index is 545. The molecule has 1 aromatic rings. The van der Waals surface area contributed by atoms with Crippen LogP contribution in [0.2, 0.25) is 0 Å². The Balaban J connectivity index is 1.97. The highest BCUT2D eigenvalue weighted by atomic mass is 79.9. The molecule has 1 atom stereocenters. The summed E-state index contributed by atoms with van der Waals surface area (Å²) in [6, 6.07) is 3.93. The average molecular weight is 351 g/mol. The van der Waals surface area contributed by atoms with E-state index in [9.17, 15) is 12.8 Å². The van der Waals surface area contributed by atoms with Crippen LogP contribution in [0.25, 0.3) is 0 Å². The van der Waals surface area contributed by atoms with Gasteiger partial charge in [-0.25, -0.2) is 17.5 Å². The zero-order valence-electron chi connectivity index (χ0n) is 10.3. The molecule has 1 aliphatic heterocycles. The topological polar surface area (TPSA) is 58.2 Å². The summed E-state index contributed by atoms with van der Waals surface area (Å²) in [4.78, 5) is 0.0632. The van der Waals surface area contributed by atoms with Crippen LogP contribution in [0.5, 0.6) is 0 Å². The quantitative estimate of drug-likeness (QED) is 0.853. The number of benzene rings is 1. The van der Waals surface area contributed by atoms with E-state index in [1.165, 1.54) is 6.07 Å². The number of rotatable bonds is 5. The summed E-state index contributed by atoms with van der Waals surface area (Å²) in [5, 5.41) is 3.31. The molecule has 0 bridgehead atoms. The third-order valence-corrected chi connectivity index (χ3v) is 5.57. The molecular weight excluding hydrogens is 335 g/mol. The van der Waals surface area contributed by atoms with Crippen LogP contribution < -0.4 is 10.0 Å². The molecule has 1 saturated heterocycles. The molecule has 0 saturated carbocycles. The molecule has 1 heterocycles. The molecule has 0 spiro atoms. The van der Waals surface area contributed by atoms with Gasteiger partial charge in [-0.2, -0.15) is 0 Å². The highest BCUT2D eigenvalue weighted by Gasteiger charge is 2.19. The first-order chi connectivity index (χ1) is 8.99. The second-order valence-electron chi connectivity index (χ2n) is 4.55. The highest BCUT2D eigenvalue weighted by molar-refractivity contribution is 9.10. The molecule has 1 fully saturated rings. The fourth-order valence-corrected chi connectivity index (χ4v) is 4.24. The lowest BCUT2D eigenvalue weighted by atomic mass is 10.2. The molecule has 0 radical (unpaired) electrons. The van der Waals surface area contributed by atoms with E-state index in [1.54, 1.807) is 0 Å². The van der Waals surface area contributed by atoms with Gasteiger partial charge in [0.15, 0.2) is 0 Å². The smallest absolute Gasteiger partial charge is 0.241 e. The number of sulfonamides is 1. The first-order valence-electron chi connectivity index (χ1n) is 6.17. The van der Waals surface area contributed by atoms with Crippen molar-refractivity contribution in [3.8, 4) is 0 Å². The molecule has 19 heavy (non-hydrogen) atoms. The molecule has 7 heteroatoms.